The van der Waals surface area contributed by atoms with Gasteiger partial charge in [0.15, 0.2) is 8.68 Å². The number of aromatic nitrogens is 3. The summed E-state index contributed by atoms with van der Waals surface area (Å²) < 4.78 is 1.89. The zero-order chi connectivity index (χ0) is 10.7. The monoisotopic (exact) mass is 256 g/mol. The molecule has 0 saturated heterocycles. The molecule has 2 heterocycles. The Morgan fingerprint density at radius 3 is 2.80 bits per heavy atom. The number of nitrogen functional groups attached to an aromatic ring is 1. The predicted octanol–water partition coefficient (Wildman–Crippen LogP) is 2.39. The smallest absolute Gasteiger partial charge is 0.179 e. The fourth-order valence-corrected chi connectivity index (χ4v) is 3.36. The van der Waals surface area contributed by atoms with Gasteiger partial charge in [0.1, 0.15) is 5.82 Å². The van der Waals surface area contributed by atoms with Crippen LogP contribution in [0.4, 0.5) is 5.82 Å². The molecular formula is C8H8N4S3. The lowest BCUT2D eigenvalue weighted by molar-refractivity contribution is 0.955. The minimum Gasteiger partial charge on any atom is -0.384 e. The third-order valence-corrected chi connectivity index (χ3v) is 4.46. The molecule has 0 aliphatic carbocycles. The van der Waals surface area contributed by atoms with Crippen LogP contribution in [0, 0.1) is 0 Å². The molecular weight excluding hydrogens is 248 g/mol. The van der Waals surface area contributed by atoms with E-state index in [1.54, 1.807) is 41.1 Å². The molecule has 0 amide bonds. The Hall–Kier alpha value is -0.790. The maximum absolute atomic E-state index is 5.58. The Morgan fingerprint density at radius 2 is 2.13 bits per heavy atom. The summed E-state index contributed by atoms with van der Waals surface area (Å²) in [5.41, 5.74) is 5.58. The number of rotatable bonds is 3. The van der Waals surface area contributed by atoms with Crippen LogP contribution >= 0.6 is 34.9 Å². The fourth-order valence-electron chi connectivity index (χ4n) is 0.913. The van der Waals surface area contributed by atoms with Gasteiger partial charge in [0, 0.05) is 11.1 Å². The highest BCUT2D eigenvalue weighted by atomic mass is 32.2. The number of nitrogens with zero attached hydrogens (tertiary/aromatic N) is 3. The first-order chi connectivity index (χ1) is 7.28. The van der Waals surface area contributed by atoms with Gasteiger partial charge in [0.05, 0.1) is 0 Å². The van der Waals surface area contributed by atoms with Gasteiger partial charge in [-0.25, -0.2) is 4.98 Å². The second-order valence-corrected chi connectivity index (χ2v) is 5.91. The van der Waals surface area contributed by atoms with E-state index >= 15 is 0 Å². The van der Waals surface area contributed by atoms with Crippen molar-refractivity contribution in [3.63, 3.8) is 0 Å². The van der Waals surface area contributed by atoms with E-state index in [2.05, 4.69) is 15.2 Å². The molecule has 0 atom stereocenters. The Labute approximate surface area is 99.7 Å². The van der Waals surface area contributed by atoms with Gasteiger partial charge in [-0.2, -0.15) is 0 Å². The van der Waals surface area contributed by atoms with Crippen LogP contribution in [-0.4, -0.2) is 21.4 Å². The quantitative estimate of drug-likeness (QED) is 0.851. The number of hydrogen-bond acceptors (Lipinski definition) is 7. The first kappa shape index (κ1) is 10.7. The number of anilines is 1. The van der Waals surface area contributed by atoms with Gasteiger partial charge in [-0.1, -0.05) is 34.9 Å². The van der Waals surface area contributed by atoms with E-state index in [4.69, 9.17) is 5.73 Å². The second kappa shape index (κ2) is 4.82. The summed E-state index contributed by atoms with van der Waals surface area (Å²) in [5, 5.41) is 8.08. The molecule has 0 aliphatic rings. The van der Waals surface area contributed by atoms with Gasteiger partial charge < -0.3 is 5.73 Å². The molecule has 0 aliphatic heterocycles. The van der Waals surface area contributed by atoms with E-state index in [0.717, 1.165) is 13.6 Å². The van der Waals surface area contributed by atoms with E-state index in [9.17, 15) is 0 Å². The van der Waals surface area contributed by atoms with Crippen molar-refractivity contribution in [1.82, 2.24) is 15.2 Å². The van der Waals surface area contributed by atoms with Crippen LogP contribution < -0.4 is 5.73 Å². The van der Waals surface area contributed by atoms with Gasteiger partial charge in [0.2, 0.25) is 0 Å². The average Bonchev–Trinajstić information content (AvgIpc) is 2.65. The third kappa shape index (κ3) is 2.83. The minimum absolute atomic E-state index is 0.523. The number of nitrogens with two attached hydrogens (primary N) is 1. The van der Waals surface area contributed by atoms with Crippen molar-refractivity contribution in [3.8, 4) is 0 Å². The number of pyridine rings is 1. The second-order valence-electron chi connectivity index (χ2n) is 2.56. The highest BCUT2D eigenvalue weighted by Crippen LogP contribution is 2.32. The van der Waals surface area contributed by atoms with Crippen molar-refractivity contribution in [2.24, 2.45) is 0 Å². The van der Waals surface area contributed by atoms with E-state index < -0.39 is 0 Å². The molecule has 2 aromatic heterocycles. The standard InChI is InChI=1S/C8H8N4S3/c1-13-7-11-12-8(15-7)14-5-2-3-10-6(9)4-5/h2-4H,1H3,(H2,9,10). The Kier molecular flexibility index (Phi) is 3.45. The molecule has 0 bridgehead atoms. The molecule has 2 aromatic rings. The Bertz CT molecular complexity index is 457. The van der Waals surface area contributed by atoms with Crippen molar-refractivity contribution >= 4 is 40.7 Å². The molecule has 0 unspecified atom stereocenters. The molecule has 78 valence electrons. The lowest BCUT2D eigenvalue weighted by Crippen LogP contribution is -1.88. The van der Waals surface area contributed by atoms with Crippen LogP contribution in [0.3, 0.4) is 0 Å². The molecule has 7 heteroatoms. The molecule has 0 aromatic carbocycles. The highest BCUT2D eigenvalue weighted by Gasteiger charge is 2.05. The summed E-state index contributed by atoms with van der Waals surface area (Å²) in [4.78, 5) is 4.96. The Morgan fingerprint density at radius 1 is 1.33 bits per heavy atom. The van der Waals surface area contributed by atoms with E-state index in [1.807, 2.05) is 18.4 Å². The van der Waals surface area contributed by atoms with Gasteiger partial charge in [-0.15, -0.1) is 10.2 Å². The van der Waals surface area contributed by atoms with Crippen LogP contribution in [-0.2, 0) is 0 Å². The van der Waals surface area contributed by atoms with Gasteiger partial charge in [-0.3, -0.25) is 0 Å². The molecule has 0 spiro atoms. The first-order valence-electron chi connectivity index (χ1n) is 4.05. The first-order valence-corrected chi connectivity index (χ1v) is 6.90. The summed E-state index contributed by atoms with van der Waals surface area (Å²) in [7, 11) is 0. The van der Waals surface area contributed by atoms with Crippen molar-refractivity contribution in [1.29, 1.82) is 0 Å². The van der Waals surface area contributed by atoms with E-state index in [-0.39, 0.29) is 0 Å². The fraction of sp³-hybridized carbons (Fsp3) is 0.125. The molecule has 0 fully saturated rings. The van der Waals surface area contributed by atoms with Crippen molar-refractivity contribution in [3.05, 3.63) is 18.3 Å². The maximum Gasteiger partial charge on any atom is 0.179 e. The molecule has 2 rings (SSSR count). The topological polar surface area (TPSA) is 64.7 Å². The summed E-state index contributed by atoms with van der Waals surface area (Å²) >= 11 is 4.72. The summed E-state index contributed by atoms with van der Waals surface area (Å²) in [6.45, 7) is 0. The summed E-state index contributed by atoms with van der Waals surface area (Å²) in [5.74, 6) is 0.523. The van der Waals surface area contributed by atoms with Crippen molar-refractivity contribution in [2.75, 3.05) is 12.0 Å². The highest BCUT2D eigenvalue weighted by molar-refractivity contribution is 8.03. The number of hydrogen-bond donors (Lipinski definition) is 1. The van der Waals surface area contributed by atoms with E-state index in [0.29, 0.717) is 5.82 Å². The maximum atomic E-state index is 5.58. The predicted molar refractivity (Wildman–Crippen MR) is 64.5 cm³/mol. The van der Waals surface area contributed by atoms with Crippen molar-refractivity contribution < 1.29 is 0 Å². The van der Waals surface area contributed by atoms with Crippen LogP contribution in [0.5, 0.6) is 0 Å². The SMILES string of the molecule is CSc1nnc(Sc2ccnc(N)c2)s1. The lowest BCUT2D eigenvalue weighted by atomic mass is 10.5. The van der Waals surface area contributed by atoms with Crippen molar-refractivity contribution in [2.45, 2.75) is 13.6 Å². The third-order valence-electron chi connectivity index (χ3n) is 1.52. The van der Waals surface area contributed by atoms with Gasteiger partial charge in [-0.05, 0) is 18.4 Å². The van der Waals surface area contributed by atoms with Crippen LogP contribution in [0.25, 0.3) is 0 Å². The zero-order valence-corrected chi connectivity index (χ0v) is 10.3. The van der Waals surface area contributed by atoms with E-state index in [1.165, 1.54) is 0 Å². The Balaban J connectivity index is 2.14. The molecule has 4 nitrogen and oxygen atoms in total. The minimum atomic E-state index is 0.523. The lowest BCUT2D eigenvalue weighted by Gasteiger charge is -1.96. The summed E-state index contributed by atoms with van der Waals surface area (Å²) in [6, 6.07) is 3.73. The van der Waals surface area contributed by atoms with Crippen LogP contribution in [0.2, 0.25) is 0 Å². The van der Waals surface area contributed by atoms with Crippen LogP contribution in [0.15, 0.2) is 31.9 Å². The molecule has 2 N–H and O–H groups in total. The average molecular weight is 256 g/mol. The molecule has 0 saturated carbocycles. The number of thioether (sulfide) groups is 1. The normalized spacial score (nSPS) is 10.5. The molecule has 15 heavy (non-hydrogen) atoms. The largest absolute Gasteiger partial charge is 0.384 e. The zero-order valence-electron chi connectivity index (χ0n) is 7.88. The van der Waals surface area contributed by atoms with Gasteiger partial charge in [0.25, 0.3) is 0 Å². The van der Waals surface area contributed by atoms with Crippen LogP contribution in [0.1, 0.15) is 0 Å². The van der Waals surface area contributed by atoms with Gasteiger partial charge >= 0.3 is 0 Å². The molecule has 0 radical (unpaired) electrons. The summed E-state index contributed by atoms with van der Waals surface area (Å²) in [6.07, 6.45) is 3.67.